The van der Waals surface area contributed by atoms with Gasteiger partial charge in [0.2, 0.25) is 0 Å². The predicted octanol–water partition coefficient (Wildman–Crippen LogP) is 2.59. The SMILES string of the molecule is C=C(N)SCCC(C)CC. The highest BCUT2D eigenvalue weighted by molar-refractivity contribution is 8.02. The van der Waals surface area contributed by atoms with Gasteiger partial charge in [-0.2, -0.15) is 0 Å². The fraction of sp³-hybridized carbons (Fsp3) is 0.750. The van der Waals surface area contributed by atoms with Gasteiger partial charge in [-0.3, -0.25) is 0 Å². The van der Waals surface area contributed by atoms with E-state index in [-0.39, 0.29) is 0 Å². The van der Waals surface area contributed by atoms with Crippen LogP contribution < -0.4 is 5.73 Å². The number of nitrogens with two attached hydrogens (primary N) is 1. The first kappa shape index (κ1) is 9.89. The van der Waals surface area contributed by atoms with Crippen LogP contribution in [0.3, 0.4) is 0 Å². The molecule has 0 amide bonds. The minimum Gasteiger partial charge on any atom is -0.394 e. The van der Waals surface area contributed by atoms with E-state index in [1.165, 1.54) is 12.8 Å². The zero-order valence-corrected chi connectivity index (χ0v) is 7.71. The molecule has 0 spiro atoms. The lowest BCUT2D eigenvalue weighted by Gasteiger charge is -2.06. The number of thioether (sulfide) groups is 1. The van der Waals surface area contributed by atoms with Gasteiger partial charge < -0.3 is 5.73 Å². The van der Waals surface area contributed by atoms with Crippen LogP contribution in [0.2, 0.25) is 0 Å². The summed E-state index contributed by atoms with van der Waals surface area (Å²) in [5.41, 5.74) is 5.39. The average Bonchev–Trinajstić information content (AvgIpc) is 1.87. The minimum absolute atomic E-state index is 0.739. The van der Waals surface area contributed by atoms with E-state index in [4.69, 9.17) is 5.73 Å². The van der Waals surface area contributed by atoms with Gasteiger partial charge in [0.05, 0.1) is 5.03 Å². The maximum Gasteiger partial charge on any atom is 0.0581 e. The van der Waals surface area contributed by atoms with Crippen molar-refractivity contribution in [3.05, 3.63) is 11.6 Å². The van der Waals surface area contributed by atoms with Gasteiger partial charge in [-0.1, -0.05) is 26.8 Å². The van der Waals surface area contributed by atoms with Crippen LogP contribution in [0.1, 0.15) is 26.7 Å². The minimum atomic E-state index is 0.739. The molecule has 0 saturated heterocycles. The fourth-order valence-electron chi connectivity index (χ4n) is 0.595. The second kappa shape index (κ2) is 5.66. The van der Waals surface area contributed by atoms with Crippen molar-refractivity contribution in [2.24, 2.45) is 11.7 Å². The molecule has 0 heterocycles. The van der Waals surface area contributed by atoms with Gasteiger partial charge in [0.25, 0.3) is 0 Å². The Labute approximate surface area is 68.1 Å². The Bertz CT molecular complexity index is 101. The number of hydrogen-bond acceptors (Lipinski definition) is 2. The summed E-state index contributed by atoms with van der Waals surface area (Å²) in [7, 11) is 0. The molecule has 0 bridgehead atoms. The Balaban J connectivity index is 3.11. The van der Waals surface area contributed by atoms with Gasteiger partial charge in [0, 0.05) is 0 Å². The molecule has 0 radical (unpaired) electrons. The summed E-state index contributed by atoms with van der Waals surface area (Å²) in [4.78, 5) is 0. The van der Waals surface area contributed by atoms with Crippen molar-refractivity contribution in [1.29, 1.82) is 0 Å². The summed E-state index contributed by atoms with van der Waals surface area (Å²) >= 11 is 1.66. The van der Waals surface area contributed by atoms with Crippen molar-refractivity contribution < 1.29 is 0 Å². The van der Waals surface area contributed by atoms with Crippen LogP contribution in [-0.4, -0.2) is 5.75 Å². The summed E-state index contributed by atoms with van der Waals surface area (Å²) in [6.45, 7) is 8.10. The summed E-state index contributed by atoms with van der Waals surface area (Å²) in [5, 5.41) is 0.739. The molecule has 0 aliphatic heterocycles. The van der Waals surface area contributed by atoms with Gasteiger partial charge in [-0.05, 0) is 18.1 Å². The molecule has 10 heavy (non-hydrogen) atoms. The van der Waals surface area contributed by atoms with Crippen LogP contribution in [0.25, 0.3) is 0 Å². The third-order valence-electron chi connectivity index (χ3n) is 1.60. The van der Waals surface area contributed by atoms with Crippen molar-refractivity contribution in [3.8, 4) is 0 Å². The molecule has 0 saturated carbocycles. The summed E-state index contributed by atoms with van der Waals surface area (Å²) in [6.07, 6.45) is 2.51. The summed E-state index contributed by atoms with van der Waals surface area (Å²) in [6, 6.07) is 0. The molecule has 0 aromatic heterocycles. The van der Waals surface area contributed by atoms with Crippen molar-refractivity contribution >= 4 is 11.8 Å². The Hall–Kier alpha value is -0.110. The fourth-order valence-corrected chi connectivity index (χ4v) is 1.38. The molecule has 60 valence electrons. The van der Waals surface area contributed by atoms with Crippen molar-refractivity contribution in [3.63, 3.8) is 0 Å². The second-order valence-corrected chi connectivity index (χ2v) is 3.84. The highest BCUT2D eigenvalue weighted by Crippen LogP contribution is 2.14. The zero-order chi connectivity index (χ0) is 7.98. The van der Waals surface area contributed by atoms with E-state index in [0.717, 1.165) is 16.7 Å². The molecule has 0 aromatic carbocycles. The van der Waals surface area contributed by atoms with Crippen molar-refractivity contribution in [1.82, 2.24) is 0 Å². The van der Waals surface area contributed by atoms with E-state index in [1.807, 2.05) is 0 Å². The smallest absolute Gasteiger partial charge is 0.0581 e. The molecule has 0 aliphatic rings. The lowest BCUT2D eigenvalue weighted by atomic mass is 10.1. The first-order valence-corrected chi connectivity index (χ1v) is 4.72. The molecule has 2 N–H and O–H groups in total. The van der Waals surface area contributed by atoms with Crippen LogP contribution in [0.15, 0.2) is 11.6 Å². The Morgan fingerprint density at radius 2 is 2.30 bits per heavy atom. The Kier molecular flexibility index (Phi) is 5.60. The molecule has 0 aliphatic carbocycles. The average molecular weight is 159 g/mol. The van der Waals surface area contributed by atoms with Crippen LogP contribution >= 0.6 is 11.8 Å². The van der Waals surface area contributed by atoms with Crippen LogP contribution in [0.5, 0.6) is 0 Å². The van der Waals surface area contributed by atoms with E-state index in [2.05, 4.69) is 20.4 Å². The summed E-state index contributed by atoms with van der Waals surface area (Å²) in [5.74, 6) is 1.94. The van der Waals surface area contributed by atoms with E-state index in [0.29, 0.717) is 0 Å². The van der Waals surface area contributed by atoms with Gasteiger partial charge in [0.15, 0.2) is 0 Å². The first-order valence-electron chi connectivity index (χ1n) is 3.74. The highest BCUT2D eigenvalue weighted by Gasteiger charge is 1.97. The van der Waals surface area contributed by atoms with E-state index in [1.54, 1.807) is 11.8 Å². The Morgan fingerprint density at radius 3 is 2.70 bits per heavy atom. The van der Waals surface area contributed by atoms with Crippen LogP contribution in [-0.2, 0) is 0 Å². The van der Waals surface area contributed by atoms with Gasteiger partial charge in [-0.25, -0.2) is 0 Å². The van der Waals surface area contributed by atoms with E-state index < -0.39 is 0 Å². The Morgan fingerprint density at radius 1 is 1.70 bits per heavy atom. The zero-order valence-electron chi connectivity index (χ0n) is 6.89. The maximum atomic E-state index is 5.39. The third kappa shape index (κ3) is 6.02. The van der Waals surface area contributed by atoms with Gasteiger partial charge in [-0.15, -0.1) is 11.8 Å². The summed E-state index contributed by atoms with van der Waals surface area (Å²) < 4.78 is 0. The second-order valence-electron chi connectivity index (χ2n) is 2.62. The molecule has 2 heteroatoms. The number of rotatable bonds is 5. The topological polar surface area (TPSA) is 26.0 Å². The molecular formula is C8H17NS. The number of hydrogen-bond donors (Lipinski definition) is 1. The third-order valence-corrected chi connectivity index (χ3v) is 2.41. The van der Waals surface area contributed by atoms with Crippen LogP contribution in [0, 0.1) is 5.92 Å². The lowest BCUT2D eigenvalue weighted by molar-refractivity contribution is 0.549. The van der Waals surface area contributed by atoms with E-state index >= 15 is 0 Å². The normalized spacial score (nSPS) is 13.0. The largest absolute Gasteiger partial charge is 0.394 e. The maximum absolute atomic E-state index is 5.39. The van der Waals surface area contributed by atoms with E-state index in [9.17, 15) is 0 Å². The quantitative estimate of drug-likeness (QED) is 0.667. The predicted molar refractivity (Wildman–Crippen MR) is 49.9 cm³/mol. The first-order chi connectivity index (χ1) is 4.66. The molecule has 0 rings (SSSR count). The van der Waals surface area contributed by atoms with Gasteiger partial charge in [0.1, 0.15) is 0 Å². The molecule has 0 aromatic rings. The molecule has 1 unspecified atom stereocenters. The standard InChI is InChI=1S/C8H17NS/c1-4-7(2)5-6-10-8(3)9/h7H,3-6,9H2,1-2H3. The van der Waals surface area contributed by atoms with Gasteiger partial charge >= 0.3 is 0 Å². The lowest BCUT2D eigenvalue weighted by Crippen LogP contribution is -1.96. The molecule has 1 atom stereocenters. The molecule has 1 nitrogen and oxygen atoms in total. The van der Waals surface area contributed by atoms with Crippen LogP contribution in [0.4, 0.5) is 0 Å². The molecule has 0 fully saturated rings. The van der Waals surface area contributed by atoms with Crippen molar-refractivity contribution in [2.45, 2.75) is 26.7 Å². The molecular weight excluding hydrogens is 142 g/mol. The van der Waals surface area contributed by atoms with Crippen molar-refractivity contribution in [2.75, 3.05) is 5.75 Å². The highest BCUT2D eigenvalue weighted by atomic mass is 32.2. The monoisotopic (exact) mass is 159 g/mol.